The van der Waals surface area contributed by atoms with Gasteiger partial charge in [0.25, 0.3) is 6.71 Å². The molecule has 1 aromatic heterocycles. The van der Waals surface area contributed by atoms with E-state index in [2.05, 4.69) is 241 Å². The topological polar surface area (TPSA) is 9.72 Å². The number of benzene rings is 8. The summed E-state index contributed by atoms with van der Waals surface area (Å²) in [5.74, 6) is 0. The van der Waals surface area contributed by atoms with Gasteiger partial charge >= 0.3 is 0 Å². The van der Waals surface area contributed by atoms with E-state index >= 15 is 0 Å². The molecule has 9 aromatic rings. The van der Waals surface area contributed by atoms with Crippen molar-refractivity contribution in [2.24, 2.45) is 0 Å². The number of thiophene rings is 1. The SMILES string of the molecule is Cc1cc2c3c(c1)N(c1ccc4c(c1)C(C)(C)CCC4(C)C)c1cc4c(cc1B3c1ccc(N(c3ccccc3)c3ccccc3)cc1N2c1ccc2sc3ccccc3c2c1)C(C)(C)CCC4(C)C. The zero-order valence-corrected chi connectivity index (χ0v) is 43.1. The molecule has 8 aromatic carbocycles. The second-order valence-corrected chi connectivity index (χ2v) is 24.7. The third-order valence-electron chi connectivity index (χ3n) is 17.2. The van der Waals surface area contributed by atoms with Crippen molar-refractivity contribution in [1.82, 2.24) is 0 Å². The van der Waals surface area contributed by atoms with Crippen LogP contribution in [0.15, 0.2) is 164 Å². The third-order valence-corrected chi connectivity index (χ3v) is 18.3. The summed E-state index contributed by atoms with van der Waals surface area (Å²) >= 11 is 1.89. The molecule has 0 saturated heterocycles. The third kappa shape index (κ3) is 6.53. The molecule has 4 aliphatic rings. The molecule has 0 spiro atoms. The van der Waals surface area contributed by atoms with Crippen LogP contribution >= 0.6 is 11.3 Å². The Labute approximate surface area is 419 Å². The lowest BCUT2D eigenvalue weighted by atomic mass is 9.33. The average Bonchev–Trinajstić information content (AvgIpc) is 3.72. The van der Waals surface area contributed by atoms with E-state index in [1.165, 1.54) is 124 Å². The minimum atomic E-state index is 0.00361. The highest BCUT2D eigenvalue weighted by atomic mass is 32.1. The first-order valence-electron chi connectivity index (χ1n) is 25.6. The predicted molar refractivity (Wildman–Crippen MR) is 303 cm³/mol. The molecule has 346 valence electrons. The normalized spacial score (nSPS) is 17.6. The number of hydrogen-bond donors (Lipinski definition) is 0. The largest absolute Gasteiger partial charge is 0.311 e. The van der Waals surface area contributed by atoms with Gasteiger partial charge in [0, 0.05) is 71.4 Å². The summed E-state index contributed by atoms with van der Waals surface area (Å²) in [4.78, 5) is 7.73. The molecule has 3 nitrogen and oxygen atoms in total. The maximum Gasteiger partial charge on any atom is 0.252 e. The Kier molecular flexibility index (Phi) is 9.45. The van der Waals surface area contributed by atoms with Crippen molar-refractivity contribution in [3.8, 4) is 0 Å². The number of anilines is 9. The Hall–Kier alpha value is -6.56. The van der Waals surface area contributed by atoms with Crippen LogP contribution in [-0.4, -0.2) is 6.71 Å². The van der Waals surface area contributed by atoms with Crippen molar-refractivity contribution in [3.63, 3.8) is 0 Å². The number of fused-ring (bicyclic) bond motifs is 9. The molecular formula is C65H62BN3S. The van der Waals surface area contributed by atoms with Crippen molar-refractivity contribution in [3.05, 3.63) is 192 Å². The van der Waals surface area contributed by atoms with Crippen molar-refractivity contribution < 1.29 is 0 Å². The first-order valence-corrected chi connectivity index (χ1v) is 26.4. The number of para-hydroxylation sites is 2. The molecular weight excluding hydrogens is 866 g/mol. The fourth-order valence-electron chi connectivity index (χ4n) is 13.0. The van der Waals surface area contributed by atoms with E-state index < -0.39 is 0 Å². The van der Waals surface area contributed by atoms with Crippen LogP contribution in [0.3, 0.4) is 0 Å². The zero-order chi connectivity index (χ0) is 48.1. The van der Waals surface area contributed by atoms with Gasteiger partial charge in [0.2, 0.25) is 0 Å². The van der Waals surface area contributed by atoms with E-state index in [0.717, 1.165) is 17.1 Å². The molecule has 0 saturated carbocycles. The molecule has 0 N–H and O–H groups in total. The van der Waals surface area contributed by atoms with Crippen LogP contribution < -0.4 is 31.1 Å². The van der Waals surface area contributed by atoms with Crippen molar-refractivity contribution in [1.29, 1.82) is 0 Å². The van der Waals surface area contributed by atoms with Crippen LogP contribution in [0.2, 0.25) is 0 Å². The van der Waals surface area contributed by atoms with E-state index in [4.69, 9.17) is 0 Å². The fourth-order valence-corrected chi connectivity index (χ4v) is 14.1. The summed E-state index contributed by atoms with van der Waals surface area (Å²) in [6.45, 7) is 22.1. The molecule has 0 bridgehead atoms. The number of rotatable bonds is 5. The molecule has 0 radical (unpaired) electrons. The van der Waals surface area contributed by atoms with Crippen LogP contribution in [0.1, 0.15) is 109 Å². The second kappa shape index (κ2) is 15.2. The van der Waals surface area contributed by atoms with Gasteiger partial charge in [-0.1, -0.05) is 128 Å². The summed E-state index contributed by atoms with van der Waals surface area (Å²) in [6, 6.07) is 63.0. The first kappa shape index (κ1) is 43.5. The summed E-state index contributed by atoms with van der Waals surface area (Å²) in [7, 11) is 0. The van der Waals surface area contributed by atoms with Crippen LogP contribution in [0, 0.1) is 6.92 Å². The molecule has 13 rings (SSSR count). The Balaban J connectivity index is 1.13. The van der Waals surface area contributed by atoms with E-state index in [-0.39, 0.29) is 28.4 Å². The quantitative estimate of drug-likeness (QED) is 0.159. The van der Waals surface area contributed by atoms with E-state index in [0.29, 0.717) is 0 Å². The van der Waals surface area contributed by atoms with Gasteiger partial charge in [-0.25, -0.2) is 0 Å². The lowest BCUT2D eigenvalue weighted by molar-refractivity contribution is 0.332. The lowest BCUT2D eigenvalue weighted by Crippen LogP contribution is -2.62. The van der Waals surface area contributed by atoms with Gasteiger partial charge in [0.15, 0.2) is 0 Å². The Bertz CT molecular complexity index is 3560. The van der Waals surface area contributed by atoms with Gasteiger partial charge in [-0.05, 0) is 189 Å². The summed E-state index contributed by atoms with van der Waals surface area (Å²) in [5.41, 5.74) is 22.5. The molecule has 2 aliphatic carbocycles. The van der Waals surface area contributed by atoms with E-state index in [1.807, 2.05) is 11.3 Å². The average molecular weight is 928 g/mol. The highest BCUT2D eigenvalue weighted by Crippen LogP contribution is 2.53. The van der Waals surface area contributed by atoms with Gasteiger partial charge in [0.05, 0.1) is 0 Å². The summed E-state index contributed by atoms with van der Waals surface area (Å²) in [5, 5.41) is 2.62. The molecule has 2 aliphatic heterocycles. The lowest BCUT2D eigenvalue weighted by Gasteiger charge is -2.48. The molecule has 0 amide bonds. The highest BCUT2D eigenvalue weighted by Gasteiger charge is 2.47. The Morgan fingerprint density at radius 2 is 0.929 bits per heavy atom. The number of aryl methyl sites for hydroxylation is 1. The van der Waals surface area contributed by atoms with Gasteiger partial charge in [-0.3, -0.25) is 0 Å². The molecule has 5 heteroatoms. The minimum absolute atomic E-state index is 0.00361. The monoisotopic (exact) mass is 927 g/mol. The Morgan fingerprint density at radius 1 is 0.414 bits per heavy atom. The number of hydrogen-bond acceptors (Lipinski definition) is 4. The van der Waals surface area contributed by atoms with E-state index in [1.54, 1.807) is 0 Å². The minimum Gasteiger partial charge on any atom is -0.311 e. The van der Waals surface area contributed by atoms with Gasteiger partial charge in [0.1, 0.15) is 0 Å². The predicted octanol–water partition coefficient (Wildman–Crippen LogP) is 16.6. The maximum atomic E-state index is 2.69. The van der Waals surface area contributed by atoms with Crippen LogP contribution in [0.4, 0.5) is 51.2 Å². The fraction of sp³-hybridized carbons (Fsp3) is 0.262. The first-order chi connectivity index (χ1) is 33.6. The van der Waals surface area contributed by atoms with Crippen LogP contribution in [0.5, 0.6) is 0 Å². The second-order valence-electron chi connectivity index (χ2n) is 23.6. The van der Waals surface area contributed by atoms with Crippen molar-refractivity contribution in [2.45, 2.75) is 110 Å². The van der Waals surface area contributed by atoms with E-state index in [9.17, 15) is 0 Å². The summed E-state index contributed by atoms with van der Waals surface area (Å²) in [6.07, 6.45) is 4.70. The standard InChI is InChI=1S/C65H62BN3S/c1-41-34-57-61-58(35-41)69(45-24-27-49-50(37-45)63(4,5)31-30-62(49,2)3)56-40-52-51(64(6,7)32-33-65(52,8)9)39-54(56)66(61)53-28-25-46(67(42-18-12-10-13-19-42)43-20-14-11-15-21-43)38-55(53)68(57)44-26-29-60-48(36-44)47-22-16-17-23-59(47)70-60/h10-29,34-40H,30-33H2,1-9H3. The molecule has 0 unspecified atom stereocenters. The van der Waals surface area contributed by atoms with Gasteiger partial charge in [-0.15, -0.1) is 11.3 Å². The van der Waals surface area contributed by atoms with Gasteiger partial charge in [-0.2, -0.15) is 0 Å². The Morgan fingerprint density at radius 3 is 1.57 bits per heavy atom. The zero-order valence-electron chi connectivity index (χ0n) is 42.2. The van der Waals surface area contributed by atoms with Crippen LogP contribution in [0.25, 0.3) is 20.2 Å². The van der Waals surface area contributed by atoms with Crippen molar-refractivity contribution >= 4 is 106 Å². The van der Waals surface area contributed by atoms with Gasteiger partial charge < -0.3 is 14.7 Å². The smallest absolute Gasteiger partial charge is 0.252 e. The molecule has 70 heavy (non-hydrogen) atoms. The van der Waals surface area contributed by atoms with Crippen LogP contribution in [-0.2, 0) is 21.7 Å². The van der Waals surface area contributed by atoms with Crippen molar-refractivity contribution in [2.75, 3.05) is 14.7 Å². The molecule has 0 fully saturated rings. The maximum absolute atomic E-state index is 2.69. The number of nitrogens with zero attached hydrogens (tertiary/aromatic N) is 3. The highest BCUT2D eigenvalue weighted by molar-refractivity contribution is 7.25. The summed E-state index contributed by atoms with van der Waals surface area (Å²) < 4.78 is 2.64. The molecule has 0 atom stereocenters. The molecule has 3 heterocycles.